The molecule has 0 amide bonds. The van der Waals surface area contributed by atoms with Crippen LogP contribution in [-0.2, 0) is 10.0 Å². The van der Waals surface area contributed by atoms with E-state index in [9.17, 15) is 8.42 Å². The summed E-state index contributed by atoms with van der Waals surface area (Å²) in [5, 5.41) is 0. The fraction of sp³-hybridized carbons (Fsp3) is 0.316. The normalized spacial score (nSPS) is 15.1. The van der Waals surface area contributed by atoms with Gasteiger partial charge >= 0.3 is 0 Å². The highest BCUT2D eigenvalue weighted by molar-refractivity contribution is 7.94. The Labute approximate surface area is 162 Å². The fourth-order valence-corrected chi connectivity index (χ4v) is 5.55. The number of rotatable bonds is 6. The van der Waals surface area contributed by atoms with Gasteiger partial charge in [-0.25, -0.2) is 13.4 Å². The highest BCUT2D eigenvalue weighted by atomic mass is 32.2. The molecule has 3 aromatic rings. The molecule has 1 aromatic carbocycles. The molecule has 6 nitrogen and oxygen atoms in total. The standard InChI is InChI=1S/C19H20N2O4S2/c1-24-15-8-4-7-14(11-15)21-27(22,23)18-10-9-17(26-18)16-12-20-19(25-16)13-5-2-3-6-13/h4,7-13,21H,2-3,5-6H2,1H3. The number of aromatic nitrogens is 1. The Morgan fingerprint density at radius 3 is 2.81 bits per heavy atom. The van der Waals surface area contributed by atoms with Gasteiger partial charge in [0.05, 0.1) is 23.9 Å². The van der Waals surface area contributed by atoms with Gasteiger partial charge in [0.15, 0.2) is 11.7 Å². The largest absolute Gasteiger partial charge is 0.497 e. The van der Waals surface area contributed by atoms with E-state index in [0.717, 1.165) is 34.9 Å². The Hall–Kier alpha value is -2.32. The first kappa shape index (κ1) is 18.1. The van der Waals surface area contributed by atoms with Gasteiger partial charge in [-0.05, 0) is 37.1 Å². The van der Waals surface area contributed by atoms with Crippen molar-refractivity contribution in [3.05, 3.63) is 48.5 Å². The molecular weight excluding hydrogens is 384 g/mol. The molecule has 142 valence electrons. The summed E-state index contributed by atoms with van der Waals surface area (Å²) < 4.78 is 39.2. The second-order valence-corrected chi connectivity index (χ2v) is 9.49. The minimum absolute atomic E-state index is 0.221. The summed E-state index contributed by atoms with van der Waals surface area (Å²) in [5.41, 5.74) is 0.451. The number of oxazole rings is 1. The molecule has 0 atom stereocenters. The molecule has 1 saturated carbocycles. The zero-order valence-electron chi connectivity index (χ0n) is 14.8. The monoisotopic (exact) mass is 404 g/mol. The van der Waals surface area contributed by atoms with Crippen molar-refractivity contribution in [2.75, 3.05) is 11.8 Å². The third kappa shape index (κ3) is 3.86. The number of benzene rings is 1. The van der Waals surface area contributed by atoms with Gasteiger partial charge in [0.1, 0.15) is 9.96 Å². The molecule has 0 spiro atoms. The molecule has 0 radical (unpaired) electrons. The van der Waals surface area contributed by atoms with Crippen LogP contribution >= 0.6 is 11.3 Å². The Balaban J connectivity index is 1.54. The van der Waals surface area contributed by atoms with Gasteiger partial charge in [-0.15, -0.1) is 11.3 Å². The summed E-state index contributed by atoms with van der Waals surface area (Å²) in [6.45, 7) is 0. The highest BCUT2D eigenvalue weighted by Crippen LogP contribution is 2.37. The molecule has 8 heteroatoms. The van der Waals surface area contributed by atoms with Crippen molar-refractivity contribution < 1.29 is 17.6 Å². The van der Waals surface area contributed by atoms with E-state index in [4.69, 9.17) is 9.15 Å². The SMILES string of the molecule is COc1cccc(NS(=O)(=O)c2ccc(-c3cnc(C4CCCC4)o3)s2)c1. The summed E-state index contributed by atoms with van der Waals surface area (Å²) in [6, 6.07) is 10.1. The average Bonchev–Trinajstić information content (AvgIpc) is 3.41. The molecule has 2 aromatic heterocycles. The number of thiophene rings is 1. The predicted molar refractivity (Wildman–Crippen MR) is 105 cm³/mol. The molecule has 2 heterocycles. The molecule has 0 saturated heterocycles. The molecule has 0 bridgehead atoms. The van der Waals surface area contributed by atoms with Crippen LogP contribution in [0.25, 0.3) is 10.6 Å². The van der Waals surface area contributed by atoms with Gasteiger partial charge in [0, 0.05) is 12.0 Å². The summed E-state index contributed by atoms with van der Waals surface area (Å²) in [4.78, 5) is 5.14. The van der Waals surface area contributed by atoms with E-state index in [1.807, 2.05) is 0 Å². The van der Waals surface area contributed by atoms with Crippen LogP contribution in [0.15, 0.2) is 51.2 Å². The topological polar surface area (TPSA) is 81.4 Å². The number of hydrogen-bond acceptors (Lipinski definition) is 6. The summed E-state index contributed by atoms with van der Waals surface area (Å²) >= 11 is 1.16. The van der Waals surface area contributed by atoms with Crippen LogP contribution in [0.4, 0.5) is 5.69 Å². The third-order valence-electron chi connectivity index (χ3n) is 4.64. The Morgan fingerprint density at radius 1 is 1.22 bits per heavy atom. The maximum absolute atomic E-state index is 12.7. The Morgan fingerprint density at radius 2 is 2.04 bits per heavy atom. The number of nitrogens with zero attached hydrogens (tertiary/aromatic N) is 1. The molecular formula is C19H20N2O4S2. The number of nitrogens with one attached hydrogen (secondary N) is 1. The smallest absolute Gasteiger partial charge is 0.271 e. The molecule has 1 aliphatic carbocycles. The summed E-state index contributed by atoms with van der Waals surface area (Å²) in [7, 11) is -2.15. The average molecular weight is 405 g/mol. The van der Waals surface area contributed by atoms with Gasteiger partial charge < -0.3 is 9.15 Å². The number of anilines is 1. The first-order chi connectivity index (χ1) is 13.0. The van der Waals surface area contributed by atoms with Crippen molar-refractivity contribution in [1.82, 2.24) is 4.98 Å². The number of ether oxygens (including phenoxy) is 1. The Kier molecular flexibility index (Phi) is 4.92. The minimum Gasteiger partial charge on any atom is -0.497 e. The predicted octanol–water partition coefficient (Wildman–Crippen LogP) is 4.87. The van der Waals surface area contributed by atoms with Gasteiger partial charge in [-0.1, -0.05) is 18.9 Å². The van der Waals surface area contributed by atoms with Crippen LogP contribution in [0.1, 0.15) is 37.5 Å². The second-order valence-electron chi connectivity index (χ2n) is 6.50. The van der Waals surface area contributed by atoms with Gasteiger partial charge in [0.2, 0.25) is 0 Å². The molecule has 27 heavy (non-hydrogen) atoms. The van der Waals surface area contributed by atoms with Crippen LogP contribution in [0.5, 0.6) is 5.75 Å². The molecule has 1 N–H and O–H groups in total. The van der Waals surface area contributed by atoms with Crippen LogP contribution in [0.3, 0.4) is 0 Å². The summed E-state index contributed by atoms with van der Waals surface area (Å²) in [6.07, 6.45) is 6.31. The van der Waals surface area contributed by atoms with Crippen molar-refractivity contribution >= 4 is 27.0 Å². The van der Waals surface area contributed by atoms with Crippen molar-refractivity contribution in [3.8, 4) is 16.4 Å². The van der Waals surface area contributed by atoms with Crippen LogP contribution in [0, 0.1) is 0 Å². The highest BCUT2D eigenvalue weighted by Gasteiger charge is 2.23. The number of hydrogen-bond donors (Lipinski definition) is 1. The quantitative estimate of drug-likeness (QED) is 0.634. The maximum atomic E-state index is 12.7. The van der Waals surface area contributed by atoms with E-state index in [-0.39, 0.29) is 4.21 Å². The molecule has 1 aliphatic rings. The van der Waals surface area contributed by atoms with E-state index in [0.29, 0.717) is 23.1 Å². The number of sulfonamides is 1. The third-order valence-corrected chi connectivity index (χ3v) is 7.61. The van der Waals surface area contributed by atoms with Gasteiger partial charge in [-0.2, -0.15) is 0 Å². The molecule has 4 rings (SSSR count). The van der Waals surface area contributed by atoms with E-state index < -0.39 is 10.0 Å². The number of methoxy groups -OCH3 is 1. The minimum atomic E-state index is -3.68. The molecule has 0 aliphatic heterocycles. The fourth-order valence-electron chi connectivity index (χ4n) is 3.25. The lowest BCUT2D eigenvalue weighted by molar-refractivity contribution is 0.415. The summed E-state index contributed by atoms with van der Waals surface area (Å²) in [5.74, 6) is 2.35. The zero-order chi connectivity index (χ0) is 18.9. The lowest BCUT2D eigenvalue weighted by Gasteiger charge is -2.07. The van der Waals surface area contributed by atoms with E-state index in [1.54, 1.807) is 42.6 Å². The van der Waals surface area contributed by atoms with Gasteiger partial charge in [0.25, 0.3) is 10.0 Å². The van der Waals surface area contributed by atoms with Crippen molar-refractivity contribution in [2.45, 2.75) is 35.8 Å². The van der Waals surface area contributed by atoms with Crippen molar-refractivity contribution in [1.29, 1.82) is 0 Å². The van der Waals surface area contributed by atoms with Crippen molar-refractivity contribution in [2.24, 2.45) is 0 Å². The first-order valence-electron chi connectivity index (χ1n) is 8.78. The van der Waals surface area contributed by atoms with E-state index in [2.05, 4.69) is 9.71 Å². The van der Waals surface area contributed by atoms with Gasteiger partial charge in [-0.3, -0.25) is 4.72 Å². The van der Waals surface area contributed by atoms with Crippen LogP contribution < -0.4 is 9.46 Å². The van der Waals surface area contributed by atoms with Crippen molar-refractivity contribution in [3.63, 3.8) is 0 Å². The maximum Gasteiger partial charge on any atom is 0.271 e. The van der Waals surface area contributed by atoms with Crippen LogP contribution in [-0.4, -0.2) is 20.5 Å². The van der Waals surface area contributed by atoms with Crippen LogP contribution in [0.2, 0.25) is 0 Å². The van der Waals surface area contributed by atoms with E-state index >= 15 is 0 Å². The zero-order valence-corrected chi connectivity index (χ0v) is 16.5. The lowest BCUT2D eigenvalue weighted by Crippen LogP contribution is -2.11. The molecule has 0 unspecified atom stereocenters. The molecule has 1 fully saturated rings. The second kappa shape index (κ2) is 7.36. The lowest BCUT2D eigenvalue weighted by atomic mass is 10.1. The Bertz CT molecular complexity index is 1030. The first-order valence-corrected chi connectivity index (χ1v) is 11.1. The van der Waals surface area contributed by atoms with E-state index in [1.165, 1.54) is 20.0 Å².